The van der Waals surface area contributed by atoms with Crippen molar-refractivity contribution in [1.29, 1.82) is 0 Å². The Balaban J connectivity index is 3.17. The molecule has 4 nitrogen and oxygen atoms in total. The average molecular weight is 286 g/mol. The van der Waals surface area contributed by atoms with Gasteiger partial charge in [-0.3, -0.25) is 14.9 Å². The largest absolute Gasteiger partial charge is 0.286 e. The van der Waals surface area contributed by atoms with Crippen LogP contribution in [0.3, 0.4) is 0 Å². The number of hydrogen-bond acceptors (Lipinski definition) is 3. The highest BCUT2D eigenvalue weighted by atomic mass is 79.9. The summed E-state index contributed by atoms with van der Waals surface area (Å²) in [7, 11) is 0. The van der Waals surface area contributed by atoms with Gasteiger partial charge in [0, 0.05) is 11.6 Å². The predicted molar refractivity (Wildman–Crippen MR) is 64.7 cm³/mol. The predicted octanol–water partition coefficient (Wildman–Crippen LogP) is 3.40. The van der Waals surface area contributed by atoms with Crippen LogP contribution in [-0.4, -0.2) is 9.62 Å². The van der Waals surface area contributed by atoms with Gasteiger partial charge in [0.05, 0.1) is 10.8 Å². The molecule has 0 N–H and O–H groups in total. The molecule has 0 aliphatic rings. The summed E-state index contributed by atoms with van der Waals surface area (Å²) in [5, 5.41) is 10.8. The lowest BCUT2D eigenvalue weighted by Crippen LogP contribution is -2.08. The molecular formula is C11H12BrNO3. The molecular weight excluding hydrogens is 274 g/mol. The number of carbonyl (C=O) groups excluding carboxylic acids is 1. The fourth-order valence-electron chi connectivity index (χ4n) is 1.63. The number of nitro benzene ring substituents is 1. The van der Waals surface area contributed by atoms with E-state index in [4.69, 9.17) is 0 Å². The summed E-state index contributed by atoms with van der Waals surface area (Å²) in [4.78, 5) is 21.8. The molecule has 0 bridgehead atoms. The van der Waals surface area contributed by atoms with Crippen molar-refractivity contribution in [3.63, 3.8) is 0 Å². The van der Waals surface area contributed by atoms with Gasteiger partial charge in [0.1, 0.15) is 0 Å². The first-order chi connectivity index (χ1) is 7.57. The zero-order chi connectivity index (χ0) is 12.1. The second-order valence-corrected chi connectivity index (χ2v) is 4.24. The van der Waals surface area contributed by atoms with Crippen LogP contribution < -0.4 is 0 Å². The van der Waals surface area contributed by atoms with Gasteiger partial charge in [0.15, 0.2) is 0 Å². The summed E-state index contributed by atoms with van der Waals surface area (Å²) in [5.74, 6) is -0.438. The molecule has 0 aliphatic carbocycles. The summed E-state index contributed by atoms with van der Waals surface area (Å²) in [6, 6.07) is 6.37. The Labute approximate surface area is 102 Å². The van der Waals surface area contributed by atoms with Gasteiger partial charge < -0.3 is 0 Å². The number of carbonyl (C=O) groups is 1. The third kappa shape index (κ3) is 2.88. The lowest BCUT2D eigenvalue weighted by Gasteiger charge is -2.11. The minimum atomic E-state index is -0.450. The van der Waals surface area contributed by atoms with Crippen LogP contribution in [0, 0.1) is 10.1 Å². The second-order valence-electron chi connectivity index (χ2n) is 3.46. The quantitative estimate of drug-likeness (QED) is 0.473. The molecule has 0 saturated heterocycles. The van der Waals surface area contributed by atoms with E-state index in [0.29, 0.717) is 12.0 Å². The van der Waals surface area contributed by atoms with E-state index in [-0.39, 0.29) is 10.4 Å². The van der Waals surface area contributed by atoms with Gasteiger partial charge in [-0.15, -0.1) is 0 Å². The van der Waals surface area contributed by atoms with E-state index in [1.807, 2.05) is 6.92 Å². The van der Waals surface area contributed by atoms with Crippen molar-refractivity contribution in [3.05, 3.63) is 39.9 Å². The Morgan fingerprint density at radius 2 is 2.12 bits per heavy atom. The number of para-hydroxylation sites is 1. The van der Waals surface area contributed by atoms with E-state index < -0.39 is 10.8 Å². The Morgan fingerprint density at radius 1 is 1.50 bits per heavy atom. The van der Waals surface area contributed by atoms with Crippen LogP contribution in [0.15, 0.2) is 24.3 Å². The number of benzene rings is 1. The van der Waals surface area contributed by atoms with Gasteiger partial charge >= 0.3 is 0 Å². The molecule has 1 unspecified atom stereocenters. The van der Waals surface area contributed by atoms with Gasteiger partial charge in [-0.25, -0.2) is 0 Å². The van der Waals surface area contributed by atoms with E-state index in [0.717, 1.165) is 6.42 Å². The number of nitro groups is 1. The van der Waals surface area contributed by atoms with Crippen LogP contribution in [0.25, 0.3) is 0 Å². The molecule has 0 heterocycles. The molecule has 0 fully saturated rings. The Hall–Kier alpha value is -1.23. The molecule has 1 aromatic rings. The van der Waals surface area contributed by atoms with Crippen LogP contribution in [0.4, 0.5) is 5.69 Å². The van der Waals surface area contributed by atoms with Crippen molar-refractivity contribution in [2.24, 2.45) is 0 Å². The lowest BCUT2D eigenvalue weighted by molar-refractivity contribution is -0.385. The first kappa shape index (κ1) is 12.8. The van der Waals surface area contributed by atoms with Gasteiger partial charge in [-0.05, 0) is 22.4 Å². The van der Waals surface area contributed by atoms with Crippen LogP contribution in [0.5, 0.6) is 0 Å². The summed E-state index contributed by atoms with van der Waals surface area (Å²) in [6.07, 6.45) is 1.41. The summed E-state index contributed by atoms with van der Waals surface area (Å²) >= 11 is 2.90. The Morgan fingerprint density at radius 3 is 2.62 bits per heavy atom. The van der Waals surface area contributed by atoms with Crippen LogP contribution in [0.1, 0.15) is 31.2 Å². The van der Waals surface area contributed by atoms with Crippen molar-refractivity contribution in [1.82, 2.24) is 0 Å². The Kier molecular flexibility index (Phi) is 4.61. The maximum atomic E-state index is 11.4. The molecule has 16 heavy (non-hydrogen) atoms. The molecule has 0 aliphatic heterocycles. The molecule has 0 saturated carbocycles. The molecule has 0 aromatic heterocycles. The molecule has 1 aromatic carbocycles. The van der Waals surface area contributed by atoms with Crippen LogP contribution in [-0.2, 0) is 4.79 Å². The van der Waals surface area contributed by atoms with Gasteiger partial charge in [0.2, 0.25) is 4.69 Å². The van der Waals surface area contributed by atoms with Crippen molar-refractivity contribution < 1.29 is 9.72 Å². The first-order valence-corrected chi connectivity index (χ1v) is 5.79. The lowest BCUT2D eigenvalue weighted by atomic mass is 9.94. The second kappa shape index (κ2) is 5.75. The summed E-state index contributed by atoms with van der Waals surface area (Å²) < 4.78 is -0.205. The number of rotatable bonds is 5. The molecule has 1 atom stereocenters. The first-order valence-electron chi connectivity index (χ1n) is 5.00. The monoisotopic (exact) mass is 285 g/mol. The molecule has 5 heteroatoms. The van der Waals surface area contributed by atoms with Crippen molar-refractivity contribution in [3.8, 4) is 0 Å². The topological polar surface area (TPSA) is 60.2 Å². The highest BCUT2D eigenvalue weighted by Crippen LogP contribution is 2.31. The highest BCUT2D eigenvalue weighted by molar-refractivity contribution is 9.18. The van der Waals surface area contributed by atoms with Crippen molar-refractivity contribution in [2.75, 3.05) is 0 Å². The van der Waals surface area contributed by atoms with Crippen LogP contribution >= 0.6 is 15.9 Å². The van der Waals surface area contributed by atoms with Crippen LogP contribution in [0.2, 0.25) is 0 Å². The minimum Gasteiger partial charge on any atom is -0.286 e. The Bertz CT molecular complexity index is 406. The van der Waals surface area contributed by atoms with Crippen molar-refractivity contribution in [2.45, 2.75) is 25.7 Å². The number of halogens is 1. The van der Waals surface area contributed by atoms with E-state index in [2.05, 4.69) is 15.9 Å². The zero-order valence-electron chi connectivity index (χ0n) is 8.85. The standard InChI is InChI=1S/C11H12BrNO3/c1-2-5-9(11(12)14)8-6-3-4-7-10(8)13(15)16/h3-4,6-7,9H,2,5H2,1H3. The van der Waals surface area contributed by atoms with Gasteiger partial charge in [0.25, 0.3) is 5.69 Å². The SMILES string of the molecule is CCCC(C(=O)Br)c1ccccc1[N+](=O)[O-]. The molecule has 0 amide bonds. The third-order valence-electron chi connectivity index (χ3n) is 2.36. The van der Waals surface area contributed by atoms with E-state index >= 15 is 0 Å². The van der Waals surface area contributed by atoms with E-state index in [9.17, 15) is 14.9 Å². The molecule has 1 rings (SSSR count). The maximum absolute atomic E-state index is 11.4. The maximum Gasteiger partial charge on any atom is 0.273 e. The van der Waals surface area contributed by atoms with E-state index in [1.54, 1.807) is 18.2 Å². The van der Waals surface area contributed by atoms with Crippen molar-refractivity contribution >= 4 is 26.3 Å². The molecule has 0 spiro atoms. The third-order valence-corrected chi connectivity index (χ3v) is 2.91. The fraction of sp³-hybridized carbons (Fsp3) is 0.364. The number of hydrogen-bond donors (Lipinski definition) is 0. The number of nitrogens with zero attached hydrogens (tertiary/aromatic N) is 1. The van der Waals surface area contributed by atoms with Gasteiger partial charge in [-0.2, -0.15) is 0 Å². The normalized spacial score (nSPS) is 12.1. The van der Waals surface area contributed by atoms with E-state index in [1.165, 1.54) is 6.07 Å². The highest BCUT2D eigenvalue weighted by Gasteiger charge is 2.25. The van der Waals surface area contributed by atoms with Gasteiger partial charge in [-0.1, -0.05) is 31.5 Å². The zero-order valence-corrected chi connectivity index (χ0v) is 10.4. The minimum absolute atomic E-state index is 0.00810. The molecule has 0 radical (unpaired) electrons. The smallest absolute Gasteiger partial charge is 0.273 e. The molecule has 86 valence electrons. The summed E-state index contributed by atoms with van der Waals surface area (Å²) in [5.41, 5.74) is 0.491. The average Bonchev–Trinajstić information content (AvgIpc) is 2.25. The fourth-order valence-corrected chi connectivity index (χ4v) is 2.10. The summed E-state index contributed by atoms with van der Waals surface area (Å²) in [6.45, 7) is 1.94.